The molecule has 0 aliphatic carbocycles. The van der Waals surface area contributed by atoms with E-state index < -0.39 is 0 Å². The second kappa shape index (κ2) is 6.71. The summed E-state index contributed by atoms with van der Waals surface area (Å²) in [7, 11) is 2.20. The molecule has 4 heteroatoms. The first-order valence-corrected chi connectivity index (χ1v) is 6.88. The van der Waals surface area contributed by atoms with Crippen LogP contribution in [-0.2, 0) is 6.54 Å². The quantitative estimate of drug-likeness (QED) is 0.871. The standard InChI is InChI=1S/C14H24N4/c1-3-15-11-13-5-6-16-12-14(13)18-8-4-7-17(2)9-10-18/h5-6,12,15H,3-4,7-11H2,1-2H3. The van der Waals surface area contributed by atoms with Gasteiger partial charge in [0, 0.05) is 32.4 Å². The first-order valence-electron chi connectivity index (χ1n) is 6.88. The molecule has 0 spiro atoms. The zero-order valence-electron chi connectivity index (χ0n) is 11.5. The summed E-state index contributed by atoms with van der Waals surface area (Å²) < 4.78 is 0. The first-order chi connectivity index (χ1) is 8.81. The van der Waals surface area contributed by atoms with Crippen LogP contribution < -0.4 is 10.2 Å². The molecule has 1 aromatic rings. The maximum atomic E-state index is 4.30. The van der Waals surface area contributed by atoms with Crippen molar-refractivity contribution in [3.63, 3.8) is 0 Å². The van der Waals surface area contributed by atoms with Gasteiger partial charge in [0.25, 0.3) is 0 Å². The van der Waals surface area contributed by atoms with E-state index in [0.717, 1.165) is 32.7 Å². The van der Waals surface area contributed by atoms with E-state index in [1.165, 1.54) is 24.2 Å². The number of nitrogens with one attached hydrogen (secondary N) is 1. The maximum Gasteiger partial charge on any atom is 0.0598 e. The van der Waals surface area contributed by atoms with E-state index in [9.17, 15) is 0 Å². The fourth-order valence-electron chi connectivity index (χ4n) is 2.40. The van der Waals surface area contributed by atoms with Crippen LogP contribution in [-0.4, -0.2) is 49.7 Å². The zero-order chi connectivity index (χ0) is 12.8. The van der Waals surface area contributed by atoms with Crippen LogP contribution in [0.15, 0.2) is 18.5 Å². The molecule has 2 heterocycles. The van der Waals surface area contributed by atoms with Crippen molar-refractivity contribution >= 4 is 5.69 Å². The van der Waals surface area contributed by atoms with Crippen LogP contribution >= 0.6 is 0 Å². The number of likely N-dealkylation sites (N-methyl/N-ethyl adjacent to an activating group) is 1. The third kappa shape index (κ3) is 3.43. The molecule has 100 valence electrons. The Morgan fingerprint density at radius 2 is 2.17 bits per heavy atom. The van der Waals surface area contributed by atoms with Gasteiger partial charge in [0.15, 0.2) is 0 Å². The molecule has 0 aromatic carbocycles. The van der Waals surface area contributed by atoms with Crippen LogP contribution in [0.5, 0.6) is 0 Å². The van der Waals surface area contributed by atoms with Gasteiger partial charge in [0.05, 0.1) is 11.9 Å². The fourth-order valence-corrected chi connectivity index (χ4v) is 2.40. The van der Waals surface area contributed by atoms with Gasteiger partial charge in [-0.1, -0.05) is 6.92 Å². The minimum Gasteiger partial charge on any atom is -0.369 e. The summed E-state index contributed by atoms with van der Waals surface area (Å²) in [5.41, 5.74) is 2.66. The number of aromatic nitrogens is 1. The summed E-state index contributed by atoms with van der Waals surface area (Å²) in [6.45, 7) is 8.64. The lowest BCUT2D eigenvalue weighted by molar-refractivity contribution is 0.360. The lowest BCUT2D eigenvalue weighted by Crippen LogP contribution is -2.30. The van der Waals surface area contributed by atoms with Crippen molar-refractivity contribution in [1.82, 2.24) is 15.2 Å². The highest BCUT2D eigenvalue weighted by Gasteiger charge is 2.15. The van der Waals surface area contributed by atoms with Crippen molar-refractivity contribution in [2.24, 2.45) is 0 Å². The Morgan fingerprint density at radius 1 is 1.28 bits per heavy atom. The molecule has 0 bridgehead atoms. The van der Waals surface area contributed by atoms with Crippen molar-refractivity contribution in [1.29, 1.82) is 0 Å². The summed E-state index contributed by atoms with van der Waals surface area (Å²) >= 11 is 0. The molecule has 0 radical (unpaired) electrons. The van der Waals surface area contributed by atoms with E-state index in [1.807, 2.05) is 12.4 Å². The van der Waals surface area contributed by atoms with Gasteiger partial charge in [-0.15, -0.1) is 0 Å². The Kier molecular flexibility index (Phi) is 4.96. The van der Waals surface area contributed by atoms with Gasteiger partial charge >= 0.3 is 0 Å². The van der Waals surface area contributed by atoms with Crippen molar-refractivity contribution in [3.05, 3.63) is 24.0 Å². The first kappa shape index (κ1) is 13.3. The summed E-state index contributed by atoms with van der Waals surface area (Å²) in [4.78, 5) is 9.17. The average Bonchev–Trinajstić information content (AvgIpc) is 2.61. The summed E-state index contributed by atoms with van der Waals surface area (Å²) in [6.07, 6.45) is 5.13. The number of pyridine rings is 1. The van der Waals surface area contributed by atoms with Gasteiger partial charge in [-0.3, -0.25) is 4.98 Å². The van der Waals surface area contributed by atoms with Gasteiger partial charge < -0.3 is 15.1 Å². The molecule has 0 atom stereocenters. The topological polar surface area (TPSA) is 31.4 Å². The minimum atomic E-state index is 0.931. The molecular weight excluding hydrogens is 224 g/mol. The van der Waals surface area contributed by atoms with Crippen LogP contribution in [0.25, 0.3) is 0 Å². The Labute approximate surface area is 110 Å². The molecule has 1 fully saturated rings. The Hall–Kier alpha value is -1.13. The van der Waals surface area contributed by atoms with Gasteiger partial charge in [0.2, 0.25) is 0 Å². The van der Waals surface area contributed by atoms with Crippen molar-refractivity contribution in [2.75, 3.05) is 44.7 Å². The van der Waals surface area contributed by atoms with Crippen LogP contribution in [0.2, 0.25) is 0 Å². The lowest BCUT2D eigenvalue weighted by atomic mass is 10.2. The van der Waals surface area contributed by atoms with E-state index in [0.29, 0.717) is 0 Å². The Morgan fingerprint density at radius 3 is 3.00 bits per heavy atom. The molecular formula is C14H24N4. The second-order valence-electron chi connectivity index (χ2n) is 4.93. The molecule has 2 rings (SSSR count). The fraction of sp³-hybridized carbons (Fsp3) is 0.643. The van der Waals surface area contributed by atoms with Gasteiger partial charge in [0.1, 0.15) is 0 Å². The molecule has 1 saturated heterocycles. The normalized spacial score (nSPS) is 17.8. The molecule has 4 nitrogen and oxygen atoms in total. The number of nitrogens with zero attached hydrogens (tertiary/aromatic N) is 3. The van der Waals surface area contributed by atoms with Gasteiger partial charge in [-0.2, -0.15) is 0 Å². The number of hydrogen-bond acceptors (Lipinski definition) is 4. The minimum absolute atomic E-state index is 0.931. The van der Waals surface area contributed by atoms with Crippen molar-refractivity contribution in [3.8, 4) is 0 Å². The van der Waals surface area contributed by atoms with Gasteiger partial charge in [-0.05, 0) is 38.2 Å². The van der Waals surface area contributed by atoms with Crippen LogP contribution in [0.1, 0.15) is 18.9 Å². The average molecular weight is 248 g/mol. The van der Waals surface area contributed by atoms with E-state index in [-0.39, 0.29) is 0 Å². The van der Waals surface area contributed by atoms with Crippen LogP contribution in [0.3, 0.4) is 0 Å². The largest absolute Gasteiger partial charge is 0.369 e. The van der Waals surface area contributed by atoms with E-state index >= 15 is 0 Å². The molecule has 1 N–H and O–H groups in total. The highest BCUT2D eigenvalue weighted by atomic mass is 15.2. The highest BCUT2D eigenvalue weighted by Crippen LogP contribution is 2.20. The molecule has 1 aliphatic heterocycles. The molecule has 1 aromatic heterocycles. The van der Waals surface area contributed by atoms with Crippen LogP contribution in [0, 0.1) is 0 Å². The smallest absolute Gasteiger partial charge is 0.0598 e. The monoisotopic (exact) mass is 248 g/mol. The molecule has 0 unspecified atom stereocenters. The van der Waals surface area contributed by atoms with E-state index in [4.69, 9.17) is 0 Å². The summed E-state index contributed by atoms with van der Waals surface area (Å²) in [5, 5.41) is 3.40. The third-order valence-electron chi connectivity index (χ3n) is 3.51. The van der Waals surface area contributed by atoms with Gasteiger partial charge in [-0.25, -0.2) is 0 Å². The predicted octanol–water partition coefficient (Wildman–Crippen LogP) is 1.33. The molecule has 0 amide bonds. The van der Waals surface area contributed by atoms with Crippen molar-refractivity contribution < 1.29 is 0 Å². The number of rotatable bonds is 4. The SMILES string of the molecule is CCNCc1ccncc1N1CCCN(C)CC1. The molecule has 18 heavy (non-hydrogen) atoms. The third-order valence-corrected chi connectivity index (χ3v) is 3.51. The highest BCUT2D eigenvalue weighted by molar-refractivity contribution is 5.51. The zero-order valence-corrected chi connectivity index (χ0v) is 11.5. The Bertz CT molecular complexity index is 367. The molecule has 0 saturated carbocycles. The summed E-state index contributed by atoms with van der Waals surface area (Å²) in [5.74, 6) is 0. The lowest BCUT2D eigenvalue weighted by Gasteiger charge is -2.25. The van der Waals surface area contributed by atoms with Crippen LogP contribution in [0.4, 0.5) is 5.69 Å². The predicted molar refractivity (Wildman–Crippen MR) is 75.9 cm³/mol. The Balaban J connectivity index is 2.10. The van der Waals surface area contributed by atoms with Crippen molar-refractivity contribution in [2.45, 2.75) is 19.9 Å². The van der Waals surface area contributed by atoms with E-state index in [1.54, 1.807) is 0 Å². The number of hydrogen-bond donors (Lipinski definition) is 1. The summed E-state index contributed by atoms with van der Waals surface area (Å²) in [6, 6.07) is 2.13. The second-order valence-corrected chi connectivity index (χ2v) is 4.93. The number of anilines is 1. The maximum absolute atomic E-state index is 4.30. The van der Waals surface area contributed by atoms with E-state index in [2.05, 4.69) is 40.1 Å². The molecule has 1 aliphatic rings.